The molecule has 2 heterocycles. The molecule has 2 aromatic heterocycles. The molecule has 114 valence electrons. The number of furan rings is 1. The second kappa shape index (κ2) is 5.29. The van der Waals surface area contributed by atoms with Gasteiger partial charge in [-0.25, -0.2) is 9.97 Å². The van der Waals surface area contributed by atoms with Gasteiger partial charge < -0.3 is 15.1 Å². The normalized spacial score (nSPS) is 11.8. The molecule has 0 atom stereocenters. The van der Waals surface area contributed by atoms with E-state index >= 15 is 0 Å². The third kappa shape index (κ3) is 2.86. The van der Waals surface area contributed by atoms with Crippen LogP contribution in [0.25, 0.3) is 22.1 Å². The van der Waals surface area contributed by atoms with Gasteiger partial charge in [-0.2, -0.15) is 0 Å². The summed E-state index contributed by atoms with van der Waals surface area (Å²) in [6, 6.07) is 7.67. The Morgan fingerprint density at radius 3 is 2.77 bits per heavy atom. The van der Waals surface area contributed by atoms with Gasteiger partial charge in [-0.15, -0.1) is 0 Å². The molecule has 3 rings (SSSR count). The Hall–Kier alpha value is -2.63. The van der Waals surface area contributed by atoms with E-state index in [1.165, 1.54) is 6.33 Å². The van der Waals surface area contributed by atoms with Crippen molar-refractivity contribution in [2.24, 2.45) is 0 Å². The first kappa shape index (κ1) is 14.3. The van der Waals surface area contributed by atoms with Gasteiger partial charge in [0.15, 0.2) is 11.4 Å². The summed E-state index contributed by atoms with van der Waals surface area (Å²) in [5, 5.41) is 6.84. The highest BCUT2D eigenvalue weighted by Crippen LogP contribution is 2.30. The van der Waals surface area contributed by atoms with Crippen molar-refractivity contribution in [3.05, 3.63) is 30.6 Å². The van der Waals surface area contributed by atoms with Crippen LogP contribution in [0.3, 0.4) is 0 Å². The highest BCUT2D eigenvalue weighted by Gasteiger charge is 2.16. The van der Waals surface area contributed by atoms with Crippen LogP contribution in [0, 0.1) is 0 Å². The molecule has 2 N–H and O–H groups in total. The minimum Gasteiger partial charge on any atom is -0.450 e. The molecule has 0 unspecified atom stereocenters. The van der Waals surface area contributed by atoms with Crippen LogP contribution in [0.15, 0.2) is 35.0 Å². The zero-order valence-corrected chi connectivity index (χ0v) is 12.8. The molecule has 22 heavy (non-hydrogen) atoms. The highest BCUT2D eigenvalue weighted by atomic mass is 16.3. The monoisotopic (exact) mass is 298 g/mol. The minimum atomic E-state index is -0.265. The van der Waals surface area contributed by atoms with Gasteiger partial charge in [-0.3, -0.25) is 4.79 Å². The van der Waals surface area contributed by atoms with Gasteiger partial charge >= 0.3 is 0 Å². The molecule has 0 fully saturated rings. The number of benzene rings is 1. The van der Waals surface area contributed by atoms with Crippen LogP contribution in [0.2, 0.25) is 0 Å². The van der Waals surface area contributed by atoms with Crippen molar-refractivity contribution >= 4 is 33.8 Å². The van der Waals surface area contributed by atoms with Crippen molar-refractivity contribution in [2.45, 2.75) is 26.3 Å². The SMILES string of the molecule is CC(C)(C)NC(=O)CNc1ncnc2c1oc1ccccc12. The number of carbonyl (C=O) groups is 1. The molecule has 0 saturated heterocycles. The smallest absolute Gasteiger partial charge is 0.239 e. The van der Waals surface area contributed by atoms with Crippen molar-refractivity contribution in [3.8, 4) is 0 Å². The van der Waals surface area contributed by atoms with E-state index in [9.17, 15) is 4.79 Å². The summed E-state index contributed by atoms with van der Waals surface area (Å²) in [5.41, 5.74) is 1.79. The van der Waals surface area contributed by atoms with Crippen molar-refractivity contribution < 1.29 is 9.21 Å². The lowest BCUT2D eigenvalue weighted by Crippen LogP contribution is -2.43. The molecule has 0 aliphatic carbocycles. The first-order valence-electron chi connectivity index (χ1n) is 7.11. The predicted molar refractivity (Wildman–Crippen MR) is 85.7 cm³/mol. The lowest BCUT2D eigenvalue weighted by atomic mass is 10.1. The van der Waals surface area contributed by atoms with Gasteiger partial charge in [0.25, 0.3) is 0 Å². The number of para-hydroxylation sites is 1. The van der Waals surface area contributed by atoms with Crippen LogP contribution in [0.1, 0.15) is 20.8 Å². The fourth-order valence-corrected chi connectivity index (χ4v) is 2.28. The summed E-state index contributed by atoms with van der Waals surface area (Å²) in [6.07, 6.45) is 1.47. The lowest BCUT2D eigenvalue weighted by Gasteiger charge is -2.20. The fourth-order valence-electron chi connectivity index (χ4n) is 2.28. The van der Waals surface area contributed by atoms with Crippen molar-refractivity contribution in [1.82, 2.24) is 15.3 Å². The lowest BCUT2D eigenvalue weighted by molar-refractivity contribution is -0.120. The van der Waals surface area contributed by atoms with Crippen LogP contribution >= 0.6 is 0 Å². The van der Waals surface area contributed by atoms with E-state index in [2.05, 4.69) is 20.6 Å². The largest absolute Gasteiger partial charge is 0.450 e. The Bertz CT molecular complexity index is 833. The number of anilines is 1. The summed E-state index contributed by atoms with van der Waals surface area (Å²) < 4.78 is 5.80. The van der Waals surface area contributed by atoms with Crippen molar-refractivity contribution in [3.63, 3.8) is 0 Å². The number of nitrogens with one attached hydrogen (secondary N) is 2. The summed E-state index contributed by atoms with van der Waals surface area (Å²) >= 11 is 0. The quantitative estimate of drug-likeness (QED) is 0.777. The average Bonchev–Trinajstić information content (AvgIpc) is 2.82. The Labute approximate surface area is 127 Å². The van der Waals surface area contributed by atoms with E-state index in [0.29, 0.717) is 11.4 Å². The third-order valence-corrected chi connectivity index (χ3v) is 3.09. The average molecular weight is 298 g/mol. The highest BCUT2D eigenvalue weighted by molar-refractivity contribution is 6.05. The second-order valence-corrected chi connectivity index (χ2v) is 6.15. The van der Waals surface area contributed by atoms with Crippen LogP contribution in [0.4, 0.5) is 5.82 Å². The van der Waals surface area contributed by atoms with E-state index in [1.54, 1.807) is 0 Å². The maximum Gasteiger partial charge on any atom is 0.239 e. The molecule has 0 spiro atoms. The number of hydrogen-bond acceptors (Lipinski definition) is 5. The first-order chi connectivity index (χ1) is 10.4. The minimum absolute atomic E-state index is 0.102. The van der Waals surface area contributed by atoms with E-state index in [4.69, 9.17) is 4.42 Å². The number of aromatic nitrogens is 2. The van der Waals surface area contributed by atoms with Gasteiger partial charge in [-0.1, -0.05) is 12.1 Å². The van der Waals surface area contributed by atoms with Gasteiger partial charge in [-0.05, 0) is 32.9 Å². The molecule has 3 aromatic rings. The molecule has 0 radical (unpaired) electrons. The van der Waals surface area contributed by atoms with E-state index in [-0.39, 0.29) is 18.0 Å². The Balaban J connectivity index is 1.87. The number of fused-ring (bicyclic) bond motifs is 3. The van der Waals surface area contributed by atoms with E-state index in [0.717, 1.165) is 16.5 Å². The molecular weight excluding hydrogens is 280 g/mol. The molecule has 6 heteroatoms. The summed E-state index contributed by atoms with van der Waals surface area (Å²) in [7, 11) is 0. The molecule has 0 aliphatic rings. The van der Waals surface area contributed by atoms with Crippen molar-refractivity contribution in [1.29, 1.82) is 0 Å². The zero-order valence-electron chi connectivity index (χ0n) is 12.8. The maximum atomic E-state index is 11.9. The fraction of sp³-hybridized carbons (Fsp3) is 0.312. The van der Waals surface area contributed by atoms with E-state index < -0.39 is 0 Å². The molecule has 0 saturated carbocycles. The van der Waals surface area contributed by atoms with Gasteiger partial charge in [0.1, 0.15) is 17.4 Å². The summed E-state index contributed by atoms with van der Waals surface area (Å²) in [6.45, 7) is 5.94. The first-order valence-corrected chi connectivity index (χ1v) is 7.11. The number of nitrogens with zero attached hydrogens (tertiary/aromatic N) is 2. The number of carbonyl (C=O) groups excluding carboxylic acids is 1. The topological polar surface area (TPSA) is 80.0 Å². The summed E-state index contributed by atoms with van der Waals surface area (Å²) in [4.78, 5) is 20.3. The molecule has 0 bridgehead atoms. The standard InChI is InChI=1S/C16H18N4O2/c1-16(2,3)20-12(21)8-17-15-14-13(18-9-19-15)10-6-4-5-7-11(10)22-14/h4-7,9H,8H2,1-3H3,(H,20,21)(H,17,18,19). The molecule has 6 nitrogen and oxygen atoms in total. The van der Waals surface area contributed by atoms with Crippen LogP contribution in [-0.4, -0.2) is 28.0 Å². The van der Waals surface area contributed by atoms with Gasteiger partial charge in [0, 0.05) is 10.9 Å². The zero-order chi connectivity index (χ0) is 15.7. The van der Waals surface area contributed by atoms with Crippen LogP contribution < -0.4 is 10.6 Å². The molecular formula is C16H18N4O2. The Morgan fingerprint density at radius 2 is 2.00 bits per heavy atom. The van der Waals surface area contributed by atoms with Crippen molar-refractivity contribution in [2.75, 3.05) is 11.9 Å². The maximum absolute atomic E-state index is 11.9. The number of rotatable bonds is 3. The van der Waals surface area contributed by atoms with Crippen LogP contribution in [-0.2, 0) is 4.79 Å². The molecule has 1 aromatic carbocycles. The summed E-state index contributed by atoms with van der Waals surface area (Å²) in [5.74, 6) is 0.417. The van der Waals surface area contributed by atoms with Gasteiger partial charge in [0.05, 0.1) is 6.54 Å². The Morgan fingerprint density at radius 1 is 1.23 bits per heavy atom. The Kier molecular flexibility index (Phi) is 3.44. The molecule has 0 aliphatic heterocycles. The van der Waals surface area contributed by atoms with Gasteiger partial charge in [0.2, 0.25) is 5.91 Å². The van der Waals surface area contributed by atoms with E-state index in [1.807, 2.05) is 45.0 Å². The number of hydrogen-bond donors (Lipinski definition) is 2. The second-order valence-electron chi connectivity index (χ2n) is 6.15. The number of amides is 1. The molecule has 1 amide bonds. The predicted octanol–water partition coefficient (Wildman–Crippen LogP) is 2.70. The third-order valence-electron chi connectivity index (χ3n) is 3.09. The van der Waals surface area contributed by atoms with Crippen LogP contribution in [0.5, 0.6) is 0 Å².